The zero-order valence-electron chi connectivity index (χ0n) is 12.1. The van der Waals surface area contributed by atoms with E-state index in [0.717, 1.165) is 10.5 Å². The maximum absolute atomic E-state index is 12.2. The lowest BCUT2D eigenvalue weighted by Crippen LogP contribution is -2.12. The first-order valence-corrected chi connectivity index (χ1v) is 8.31. The largest absolute Gasteiger partial charge is 0.403 e. The molecule has 1 N–H and O–H groups in total. The molecule has 0 aliphatic heterocycles. The predicted octanol–water partition coefficient (Wildman–Crippen LogP) is 4.36. The summed E-state index contributed by atoms with van der Waals surface area (Å²) in [4.78, 5) is 13.2. The van der Waals surface area contributed by atoms with E-state index >= 15 is 0 Å². The zero-order valence-corrected chi connectivity index (χ0v) is 13.7. The van der Waals surface area contributed by atoms with E-state index in [9.17, 15) is 4.79 Å². The van der Waals surface area contributed by atoms with Gasteiger partial charge in [0.15, 0.2) is 0 Å². The topological polar surface area (TPSA) is 68.0 Å². The minimum atomic E-state index is -0.299. The van der Waals surface area contributed by atoms with Crippen LogP contribution in [0.1, 0.15) is 10.4 Å². The van der Waals surface area contributed by atoms with Gasteiger partial charge in [-0.15, -0.1) is 16.9 Å². The molecule has 23 heavy (non-hydrogen) atoms. The number of carbonyl (C=O) groups excluding carboxylic acids is 1. The molecule has 0 unspecified atom stereocenters. The van der Waals surface area contributed by atoms with Crippen LogP contribution in [-0.2, 0) is 0 Å². The summed E-state index contributed by atoms with van der Waals surface area (Å²) in [6, 6.07) is 14.3. The van der Waals surface area contributed by atoms with E-state index in [1.165, 1.54) is 0 Å². The van der Waals surface area contributed by atoms with Crippen molar-refractivity contribution < 1.29 is 9.21 Å². The summed E-state index contributed by atoms with van der Waals surface area (Å²) in [7, 11) is 0. The molecule has 2 aromatic carbocycles. The second-order valence-electron chi connectivity index (χ2n) is 4.61. The Morgan fingerprint density at radius 1 is 1.17 bits per heavy atom. The zero-order chi connectivity index (χ0) is 16.2. The highest BCUT2D eigenvalue weighted by atomic mass is 35.5. The summed E-state index contributed by atoms with van der Waals surface area (Å²) in [5.41, 5.74) is 1.26. The van der Waals surface area contributed by atoms with Gasteiger partial charge in [-0.2, -0.15) is 0 Å². The quantitative estimate of drug-likeness (QED) is 0.711. The summed E-state index contributed by atoms with van der Waals surface area (Å²) in [5.74, 6) is 0.0158. The summed E-state index contributed by atoms with van der Waals surface area (Å²) in [6.07, 6.45) is 1.95. The lowest BCUT2D eigenvalue weighted by atomic mass is 10.2. The molecule has 0 aliphatic carbocycles. The first-order valence-electron chi connectivity index (χ1n) is 6.70. The second-order valence-corrected chi connectivity index (χ2v) is 5.92. The van der Waals surface area contributed by atoms with Crippen molar-refractivity contribution in [2.45, 2.75) is 4.90 Å². The van der Waals surface area contributed by atoms with Crippen LogP contribution in [-0.4, -0.2) is 22.4 Å². The molecule has 116 valence electrons. The maximum atomic E-state index is 12.2. The number of aromatic nitrogens is 2. The summed E-state index contributed by atoms with van der Waals surface area (Å²) >= 11 is 7.41. The Labute approximate surface area is 142 Å². The number of hydrogen-bond acceptors (Lipinski definition) is 5. The number of benzene rings is 2. The Kier molecular flexibility index (Phi) is 4.64. The van der Waals surface area contributed by atoms with Gasteiger partial charge < -0.3 is 4.42 Å². The number of nitrogens with one attached hydrogen (secondary N) is 1. The SMILES string of the molecule is CSc1cccc(C(=O)Nc2nnc(-c3ccc(Cl)cc3)o2)c1. The summed E-state index contributed by atoms with van der Waals surface area (Å²) < 4.78 is 5.46. The molecule has 0 radical (unpaired) electrons. The third kappa shape index (κ3) is 3.72. The fourth-order valence-electron chi connectivity index (χ4n) is 1.92. The predicted molar refractivity (Wildman–Crippen MR) is 90.9 cm³/mol. The van der Waals surface area contributed by atoms with E-state index < -0.39 is 0 Å². The van der Waals surface area contributed by atoms with E-state index in [2.05, 4.69) is 15.5 Å². The van der Waals surface area contributed by atoms with Gasteiger partial charge in [0.25, 0.3) is 5.91 Å². The van der Waals surface area contributed by atoms with Crippen molar-refractivity contribution in [3.63, 3.8) is 0 Å². The summed E-state index contributed by atoms with van der Waals surface area (Å²) in [5, 5.41) is 11.0. The molecular weight excluding hydrogens is 334 g/mol. The highest BCUT2D eigenvalue weighted by Crippen LogP contribution is 2.22. The van der Waals surface area contributed by atoms with Crippen molar-refractivity contribution in [1.82, 2.24) is 10.2 Å². The van der Waals surface area contributed by atoms with Gasteiger partial charge in [0.1, 0.15) is 0 Å². The average molecular weight is 346 g/mol. The van der Waals surface area contributed by atoms with Crippen LogP contribution in [0.3, 0.4) is 0 Å². The molecule has 0 saturated carbocycles. The number of anilines is 1. The number of thioether (sulfide) groups is 1. The number of amides is 1. The Balaban J connectivity index is 1.75. The van der Waals surface area contributed by atoms with E-state index in [0.29, 0.717) is 16.5 Å². The van der Waals surface area contributed by atoms with Crippen LogP contribution in [0.15, 0.2) is 57.8 Å². The lowest BCUT2D eigenvalue weighted by molar-refractivity contribution is 0.102. The molecule has 7 heteroatoms. The first kappa shape index (κ1) is 15.6. The van der Waals surface area contributed by atoms with Gasteiger partial charge in [0, 0.05) is 21.0 Å². The molecule has 1 aromatic heterocycles. The normalized spacial score (nSPS) is 10.5. The van der Waals surface area contributed by atoms with Gasteiger partial charge in [0.05, 0.1) is 0 Å². The van der Waals surface area contributed by atoms with Crippen LogP contribution in [0.5, 0.6) is 0 Å². The third-order valence-electron chi connectivity index (χ3n) is 3.07. The average Bonchev–Trinajstić information content (AvgIpc) is 3.04. The monoisotopic (exact) mass is 345 g/mol. The Morgan fingerprint density at radius 2 is 1.96 bits per heavy atom. The minimum absolute atomic E-state index is 0.0505. The molecule has 0 bridgehead atoms. The number of rotatable bonds is 4. The van der Waals surface area contributed by atoms with E-state index in [-0.39, 0.29) is 11.9 Å². The fraction of sp³-hybridized carbons (Fsp3) is 0.0625. The summed E-state index contributed by atoms with van der Waals surface area (Å²) in [6.45, 7) is 0. The van der Waals surface area contributed by atoms with Crippen LogP contribution in [0.2, 0.25) is 5.02 Å². The number of hydrogen-bond donors (Lipinski definition) is 1. The Morgan fingerprint density at radius 3 is 2.70 bits per heavy atom. The van der Waals surface area contributed by atoms with Crippen LogP contribution in [0.4, 0.5) is 6.01 Å². The standard InChI is InChI=1S/C16H12ClN3O2S/c1-23-13-4-2-3-11(9-13)14(21)18-16-20-19-15(22-16)10-5-7-12(17)8-6-10/h2-9H,1H3,(H,18,20,21). The van der Waals surface area contributed by atoms with Crippen molar-refractivity contribution in [1.29, 1.82) is 0 Å². The van der Waals surface area contributed by atoms with Crippen molar-refractivity contribution >= 4 is 35.3 Å². The molecule has 0 aliphatic rings. The highest BCUT2D eigenvalue weighted by molar-refractivity contribution is 7.98. The van der Waals surface area contributed by atoms with Gasteiger partial charge in [-0.05, 0) is 48.7 Å². The van der Waals surface area contributed by atoms with Crippen molar-refractivity contribution in [2.24, 2.45) is 0 Å². The maximum Gasteiger partial charge on any atom is 0.322 e. The van der Waals surface area contributed by atoms with Gasteiger partial charge >= 0.3 is 6.01 Å². The molecule has 1 amide bonds. The van der Waals surface area contributed by atoms with Gasteiger partial charge in [-0.25, -0.2) is 0 Å². The van der Waals surface area contributed by atoms with Crippen LogP contribution in [0.25, 0.3) is 11.5 Å². The number of nitrogens with zero attached hydrogens (tertiary/aromatic N) is 2. The third-order valence-corrected chi connectivity index (χ3v) is 4.05. The smallest absolute Gasteiger partial charge is 0.322 e. The highest BCUT2D eigenvalue weighted by Gasteiger charge is 2.13. The van der Waals surface area contributed by atoms with E-state index in [4.69, 9.17) is 16.0 Å². The molecule has 3 aromatic rings. The molecule has 5 nitrogen and oxygen atoms in total. The van der Waals surface area contributed by atoms with Crippen molar-refractivity contribution in [3.8, 4) is 11.5 Å². The van der Waals surface area contributed by atoms with Crippen LogP contribution >= 0.6 is 23.4 Å². The Bertz CT molecular complexity index is 833. The molecule has 0 spiro atoms. The number of carbonyl (C=O) groups is 1. The molecular formula is C16H12ClN3O2S. The van der Waals surface area contributed by atoms with Gasteiger partial charge in [0.2, 0.25) is 5.89 Å². The number of halogens is 1. The van der Waals surface area contributed by atoms with Crippen LogP contribution < -0.4 is 5.32 Å². The van der Waals surface area contributed by atoms with E-state index in [1.54, 1.807) is 48.2 Å². The Hall–Kier alpha value is -2.31. The van der Waals surface area contributed by atoms with Crippen molar-refractivity contribution in [2.75, 3.05) is 11.6 Å². The van der Waals surface area contributed by atoms with Gasteiger partial charge in [-0.1, -0.05) is 22.8 Å². The molecule has 0 fully saturated rings. The minimum Gasteiger partial charge on any atom is -0.403 e. The molecule has 0 atom stereocenters. The molecule has 1 heterocycles. The van der Waals surface area contributed by atoms with Gasteiger partial charge in [-0.3, -0.25) is 10.1 Å². The lowest BCUT2D eigenvalue weighted by Gasteiger charge is -2.02. The fourth-order valence-corrected chi connectivity index (χ4v) is 2.50. The van der Waals surface area contributed by atoms with Crippen LogP contribution in [0, 0.1) is 0 Å². The second kappa shape index (κ2) is 6.85. The molecule has 0 saturated heterocycles. The van der Waals surface area contributed by atoms with E-state index in [1.807, 2.05) is 18.4 Å². The molecule has 3 rings (SSSR count). The first-order chi connectivity index (χ1) is 11.2. The van der Waals surface area contributed by atoms with Crippen molar-refractivity contribution in [3.05, 3.63) is 59.1 Å².